The zero-order valence-corrected chi connectivity index (χ0v) is 16.0. The molecule has 0 bridgehead atoms. The highest BCUT2D eigenvalue weighted by molar-refractivity contribution is 5.97. The number of anilines is 1. The molecule has 0 aliphatic carbocycles. The Labute approximate surface area is 154 Å². The number of benzene rings is 1. The summed E-state index contributed by atoms with van der Waals surface area (Å²) in [5.41, 5.74) is 2.07. The molecule has 0 saturated heterocycles. The average molecular weight is 354 g/mol. The number of nitrogens with zero attached hydrogens (tertiary/aromatic N) is 1. The number of Topliss-reactive ketones (excluding diaryl/α,β-unsaturated/α-hetero) is 1. The summed E-state index contributed by atoms with van der Waals surface area (Å²) in [7, 11) is 0. The van der Waals surface area contributed by atoms with Crippen LogP contribution in [-0.4, -0.2) is 22.5 Å². The Hall–Kier alpha value is -2.69. The summed E-state index contributed by atoms with van der Waals surface area (Å²) in [6.07, 6.45) is 1.24. The van der Waals surface area contributed by atoms with Crippen LogP contribution >= 0.6 is 0 Å². The minimum Gasteiger partial charge on any atom is -0.444 e. The van der Waals surface area contributed by atoms with E-state index in [-0.39, 0.29) is 12.2 Å². The van der Waals surface area contributed by atoms with Gasteiger partial charge in [0.05, 0.1) is 0 Å². The van der Waals surface area contributed by atoms with Crippen LogP contribution < -0.4 is 5.32 Å². The van der Waals surface area contributed by atoms with E-state index >= 15 is 0 Å². The van der Waals surface area contributed by atoms with E-state index in [2.05, 4.69) is 24.1 Å². The summed E-state index contributed by atoms with van der Waals surface area (Å²) >= 11 is 0. The molecule has 0 radical (unpaired) electrons. The van der Waals surface area contributed by atoms with Gasteiger partial charge in [-0.15, -0.1) is 0 Å². The van der Waals surface area contributed by atoms with Crippen LogP contribution in [0.3, 0.4) is 0 Å². The molecule has 5 nitrogen and oxygen atoms in total. The minimum atomic E-state index is -0.584. The largest absolute Gasteiger partial charge is 0.444 e. The fourth-order valence-corrected chi connectivity index (χ4v) is 2.40. The number of amides is 1. The van der Waals surface area contributed by atoms with Gasteiger partial charge >= 0.3 is 6.09 Å². The van der Waals surface area contributed by atoms with Gasteiger partial charge in [-0.1, -0.05) is 38.1 Å². The smallest absolute Gasteiger partial charge is 0.413 e. The van der Waals surface area contributed by atoms with Gasteiger partial charge < -0.3 is 4.74 Å². The number of hydrogen-bond acceptors (Lipinski definition) is 4. The summed E-state index contributed by atoms with van der Waals surface area (Å²) in [5.74, 6) is 0.815. The molecule has 2 aromatic rings. The number of carbonyl (C=O) groups is 2. The summed E-state index contributed by atoms with van der Waals surface area (Å²) in [4.78, 5) is 28.4. The third-order valence-electron chi connectivity index (χ3n) is 3.72. The van der Waals surface area contributed by atoms with Crippen molar-refractivity contribution in [3.05, 3.63) is 59.3 Å². The molecule has 1 amide bonds. The Bertz CT molecular complexity index is 775. The van der Waals surface area contributed by atoms with Crippen LogP contribution in [-0.2, 0) is 11.2 Å². The highest BCUT2D eigenvalue weighted by Crippen LogP contribution is 2.17. The van der Waals surface area contributed by atoms with Crippen molar-refractivity contribution >= 4 is 17.7 Å². The Morgan fingerprint density at radius 1 is 1.12 bits per heavy atom. The number of nitrogens with one attached hydrogen (secondary N) is 1. The molecule has 0 spiro atoms. The molecule has 2 rings (SSSR count). The zero-order valence-electron chi connectivity index (χ0n) is 16.0. The van der Waals surface area contributed by atoms with E-state index in [9.17, 15) is 9.59 Å². The molecular weight excluding hydrogens is 328 g/mol. The third kappa shape index (κ3) is 5.99. The Balaban J connectivity index is 2.03. The van der Waals surface area contributed by atoms with E-state index < -0.39 is 11.7 Å². The number of rotatable bonds is 5. The highest BCUT2D eigenvalue weighted by atomic mass is 16.6. The predicted octanol–water partition coefficient (Wildman–Crippen LogP) is 4.98. The maximum absolute atomic E-state index is 12.5. The third-order valence-corrected chi connectivity index (χ3v) is 3.72. The number of carbonyl (C=O) groups excluding carboxylic acids is 2. The second-order valence-corrected chi connectivity index (χ2v) is 7.55. The quantitative estimate of drug-likeness (QED) is 0.769. The van der Waals surface area contributed by atoms with E-state index in [1.54, 1.807) is 39.1 Å². The summed E-state index contributed by atoms with van der Waals surface area (Å²) in [6, 6.07) is 11.1. The normalized spacial score (nSPS) is 11.3. The summed E-state index contributed by atoms with van der Waals surface area (Å²) in [6.45, 7) is 9.61. The predicted molar refractivity (Wildman–Crippen MR) is 103 cm³/mol. The molecule has 138 valence electrons. The number of ether oxygens (including phenoxy) is 1. The lowest BCUT2D eigenvalue weighted by Gasteiger charge is -2.19. The van der Waals surface area contributed by atoms with Gasteiger partial charge in [0, 0.05) is 18.2 Å². The van der Waals surface area contributed by atoms with Gasteiger partial charge in [0.25, 0.3) is 0 Å². The Morgan fingerprint density at radius 2 is 1.77 bits per heavy atom. The van der Waals surface area contributed by atoms with Gasteiger partial charge in [-0.3, -0.25) is 10.1 Å². The molecule has 0 aliphatic rings. The molecule has 0 saturated carbocycles. The fraction of sp³-hybridized carbons (Fsp3) is 0.381. The van der Waals surface area contributed by atoms with Crippen LogP contribution in [0, 0.1) is 0 Å². The molecule has 0 fully saturated rings. The molecule has 0 atom stereocenters. The van der Waals surface area contributed by atoms with E-state index in [4.69, 9.17) is 4.74 Å². The van der Waals surface area contributed by atoms with Crippen molar-refractivity contribution < 1.29 is 14.3 Å². The van der Waals surface area contributed by atoms with Gasteiger partial charge in [0.15, 0.2) is 5.78 Å². The Kier molecular flexibility index (Phi) is 6.14. The lowest BCUT2D eigenvalue weighted by molar-refractivity contribution is 0.0635. The molecule has 0 aliphatic heterocycles. The van der Waals surface area contributed by atoms with E-state index in [1.807, 2.05) is 24.3 Å². The SMILES string of the molecule is CC(C)c1ccc(C(=O)Cc2ccnc(NC(=O)OC(C)(C)C)c2)cc1. The first-order valence-electron chi connectivity index (χ1n) is 8.72. The fourth-order valence-electron chi connectivity index (χ4n) is 2.40. The second-order valence-electron chi connectivity index (χ2n) is 7.55. The molecular formula is C21H26N2O3. The lowest BCUT2D eigenvalue weighted by atomic mass is 9.98. The maximum Gasteiger partial charge on any atom is 0.413 e. The van der Waals surface area contributed by atoms with E-state index in [0.29, 0.717) is 17.3 Å². The van der Waals surface area contributed by atoms with Gasteiger partial charge in [-0.05, 0) is 49.9 Å². The van der Waals surface area contributed by atoms with Crippen molar-refractivity contribution in [1.82, 2.24) is 4.98 Å². The van der Waals surface area contributed by atoms with Crippen LogP contribution in [0.5, 0.6) is 0 Å². The summed E-state index contributed by atoms with van der Waals surface area (Å²) in [5, 5.41) is 2.59. The molecule has 1 aromatic carbocycles. The Morgan fingerprint density at radius 3 is 2.35 bits per heavy atom. The van der Waals surface area contributed by atoms with Crippen molar-refractivity contribution in [3.63, 3.8) is 0 Å². The van der Waals surface area contributed by atoms with E-state index in [1.165, 1.54) is 5.56 Å². The minimum absolute atomic E-state index is 0.0229. The highest BCUT2D eigenvalue weighted by Gasteiger charge is 2.17. The first-order chi connectivity index (χ1) is 12.1. The molecule has 1 heterocycles. The summed E-state index contributed by atoms with van der Waals surface area (Å²) < 4.78 is 5.21. The van der Waals surface area contributed by atoms with Gasteiger partial charge in [0.1, 0.15) is 11.4 Å². The standard InChI is InChI=1S/C21H26N2O3/c1-14(2)16-6-8-17(9-7-16)18(24)12-15-10-11-22-19(13-15)23-20(25)26-21(3,4)5/h6-11,13-14H,12H2,1-5H3,(H,22,23,25). The lowest BCUT2D eigenvalue weighted by Crippen LogP contribution is -2.27. The van der Waals surface area contributed by atoms with Crippen LogP contribution in [0.1, 0.15) is 62.0 Å². The number of ketones is 1. The number of pyridine rings is 1. The number of aromatic nitrogens is 1. The topological polar surface area (TPSA) is 68.3 Å². The van der Waals surface area contributed by atoms with Crippen LogP contribution in [0.15, 0.2) is 42.6 Å². The van der Waals surface area contributed by atoms with Gasteiger partial charge in [-0.2, -0.15) is 0 Å². The molecule has 0 unspecified atom stereocenters. The first kappa shape index (κ1) is 19.6. The van der Waals surface area contributed by atoms with Gasteiger partial charge in [0.2, 0.25) is 0 Å². The first-order valence-corrected chi connectivity index (χ1v) is 8.72. The second kappa shape index (κ2) is 8.13. The van der Waals surface area contributed by atoms with Crippen LogP contribution in [0.4, 0.5) is 10.6 Å². The zero-order chi connectivity index (χ0) is 19.3. The van der Waals surface area contributed by atoms with Crippen molar-refractivity contribution in [2.24, 2.45) is 0 Å². The van der Waals surface area contributed by atoms with Crippen LogP contribution in [0.25, 0.3) is 0 Å². The van der Waals surface area contributed by atoms with Crippen molar-refractivity contribution in [2.75, 3.05) is 5.32 Å². The molecule has 1 aromatic heterocycles. The van der Waals surface area contributed by atoms with Gasteiger partial charge in [-0.25, -0.2) is 9.78 Å². The monoisotopic (exact) mass is 354 g/mol. The van der Waals surface area contributed by atoms with E-state index in [0.717, 1.165) is 5.56 Å². The molecule has 1 N–H and O–H groups in total. The van der Waals surface area contributed by atoms with Crippen molar-refractivity contribution in [1.29, 1.82) is 0 Å². The number of hydrogen-bond donors (Lipinski definition) is 1. The maximum atomic E-state index is 12.5. The van der Waals surface area contributed by atoms with Crippen molar-refractivity contribution in [3.8, 4) is 0 Å². The molecule has 26 heavy (non-hydrogen) atoms. The van der Waals surface area contributed by atoms with Crippen molar-refractivity contribution in [2.45, 2.75) is 52.6 Å². The average Bonchev–Trinajstić information content (AvgIpc) is 2.53. The molecule has 5 heteroatoms. The van der Waals surface area contributed by atoms with Crippen LogP contribution in [0.2, 0.25) is 0 Å².